The maximum atomic E-state index is 5.82. The second-order valence-corrected chi connectivity index (χ2v) is 13.0. The number of terminal acetylenes is 1. The molecule has 1 aromatic carbocycles. The molecule has 0 saturated heterocycles. The summed E-state index contributed by atoms with van der Waals surface area (Å²) in [6, 6.07) is 8.82. The number of hydrogen-bond acceptors (Lipinski definition) is 2. The summed E-state index contributed by atoms with van der Waals surface area (Å²) < 4.78 is 5.82. The third-order valence-electron chi connectivity index (χ3n) is 11.6. The van der Waals surface area contributed by atoms with E-state index in [0.29, 0.717) is 17.4 Å². The number of rotatable bonds is 7. The Hall–Kier alpha value is -1.72. The fraction of sp³-hybridized carbons (Fsp3) is 0.706. The third kappa shape index (κ3) is 4.55. The molecule has 0 spiro atoms. The lowest BCUT2D eigenvalue weighted by Gasteiger charge is -2.56. The van der Waals surface area contributed by atoms with Gasteiger partial charge in [0.05, 0.1) is 6.04 Å². The van der Waals surface area contributed by atoms with Crippen LogP contribution in [0.15, 0.2) is 36.5 Å². The standard InChI is InChI=1S/C34H49NO/c1-7-25-9-12-27(13-10-25)23(3)35(6)24(4)32-17-18-33-31-16-14-28-21-26(22-36-8-2)11-15-29(28)30(31)19-20-34(32,33)5/h1,9-10,12-13,23,26,28-33H,4,8,11,14-22H2,2-3,5-6H3. The highest BCUT2D eigenvalue weighted by molar-refractivity contribution is 5.35. The van der Waals surface area contributed by atoms with E-state index in [1.54, 1.807) is 0 Å². The van der Waals surface area contributed by atoms with Crippen molar-refractivity contribution in [3.8, 4) is 12.3 Å². The predicted octanol–water partition coefficient (Wildman–Crippen LogP) is 8.10. The van der Waals surface area contributed by atoms with Gasteiger partial charge >= 0.3 is 0 Å². The van der Waals surface area contributed by atoms with Gasteiger partial charge in [-0.1, -0.05) is 31.6 Å². The first-order valence-electron chi connectivity index (χ1n) is 14.9. The minimum absolute atomic E-state index is 0.311. The highest BCUT2D eigenvalue weighted by Crippen LogP contribution is 2.65. The average molecular weight is 488 g/mol. The van der Waals surface area contributed by atoms with Crippen LogP contribution in [0, 0.1) is 59.2 Å². The molecule has 2 heteroatoms. The molecule has 5 rings (SSSR count). The summed E-state index contributed by atoms with van der Waals surface area (Å²) in [5.74, 6) is 8.94. The van der Waals surface area contributed by atoms with E-state index in [4.69, 9.17) is 17.7 Å². The number of allylic oxidation sites excluding steroid dienone is 1. The predicted molar refractivity (Wildman–Crippen MR) is 150 cm³/mol. The topological polar surface area (TPSA) is 12.5 Å². The van der Waals surface area contributed by atoms with Gasteiger partial charge in [-0.3, -0.25) is 0 Å². The fourth-order valence-corrected chi connectivity index (χ4v) is 9.51. The van der Waals surface area contributed by atoms with Gasteiger partial charge in [0, 0.05) is 37.4 Å². The van der Waals surface area contributed by atoms with Gasteiger partial charge in [0.25, 0.3) is 0 Å². The highest BCUT2D eigenvalue weighted by Gasteiger charge is 2.57. The summed E-state index contributed by atoms with van der Waals surface area (Å²) in [4.78, 5) is 2.46. The molecule has 0 bridgehead atoms. The lowest BCUT2D eigenvalue weighted by Crippen LogP contribution is -2.49. The molecule has 0 amide bonds. The van der Waals surface area contributed by atoms with E-state index in [1.165, 1.54) is 69.0 Å². The normalized spacial score (nSPS) is 38.2. The quantitative estimate of drug-likeness (QED) is 0.360. The zero-order valence-corrected chi connectivity index (χ0v) is 23.3. The molecular formula is C34H49NO. The van der Waals surface area contributed by atoms with Crippen molar-refractivity contribution in [3.05, 3.63) is 47.7 Å². The molecule has 9 unspecified atom stereocenters. The number of nitrogens with zero attached hydrogens (tertiary/aromatic N) is 1. The first-order valence-corrected chi connectivity index (χ1v) is 14.9. The Morgan fingerprint density at radius 3 is 2.56 bits per heavy atom. The molecule has 2 nitrogen and oxygen atoms in total. The van der Waals surface area contributed by atoms with E-state index >= 15 is 0 Å². The Kier molecular flexibility index (Phi) is 7.61. The van der Waals surface area contributed by atoms with Crippen molar-refractivity contribution < 1.29 is 4.74 Å². The Balaban J connectivity index is 1.25. The minimum Gasteiger partial charge on any atom is -0.381 e. The SMILES string of the molecule is C#Cc1ccc(C(C)N(C)C(=C)C2CCC3C4CCC5CC(COCC)CCC5C4CCC23C)cc1. The molecule has 0 aromatic heterocycles. The van der Waals surface area contributed by atoms with Crippen molar-refractivity contribution in [1.82, 2.24) is 4.90 Å². The van der Waals surface area contributed by atoms with Gasteiger partial charge in [0.15, 0.2) is 0 Å². The highest BCUT2D eigenvalue weighted by atomic mass is 16.5. The maximum absolute atomic E-state index is 5.82. The molecule has 4 aliphatic rings. The zero-order valence-electron chi connectivity index (χ0n) is 23.3. The third-order valence-corrected chi connectivity index (χ3v) is 11.6. The van der Waals surface area contributed by atoms with Crippen LogP contribution in [0.3, 0.4) is 0 Å². The van der Waals surface area contributed by atoms with Crippen LogP contribution in [0.25, 0.3) is 0 Å². The summed E-state index contributed by atoms with van der Waals surface area (Å²) in [7, 11) is 2.26. The van der Waals surface area contributed by atoms with Crippen LogP contribution in [-0.2, 0) is 4.74 Å². The Bertz CT molecular complexity index is 958. The van der Waals surface area contributed by atoms with Crippen molar-refractivity contribution >= 4 is 0 Å². The van der Waals surface area contributed by atoms with Gasteiger partial charge in [-0.2, -0.15) is 0 Å². The van der Waals surface area contributed by atoms with Crippen LogP contribution >= 0.6 is 0 Å². The molecule has 0 aliphatic heterocycles. The van der Waals surface area contributed by atoms with Crippen LogP contribution in [0.2, 0.25) is 0 Å². The molecule has 4 aliphatic carbocycles. The van der Waals surface area contributed by atoms with Crippen molar-refractivity contribution in [2.75, 3.05) is 20.3 Å². The van der Waals surface area contributed by atoms with Crippen LogP contribution in [0.5, 0.6) is 0 Å². The molecule has 0 radical (unpaired) electrons. The molecule has 1 aromatic rings. The summed E-state index contributed by atoms with van der Waals surface area (Å²) in [6.07, 6.45) is 18.4. The molecule has 196 valence electrons. The number of fused-ring (bicyclic) bond motifs is 5. The molecular weight excluding hydrogens is 438 g/mol. The van der Waals surface area contributed by atoms with E-state index in [1.807, 2.05) is 0 Å². The van der Waals surface area contributed by atoms with Crippen LogP contribution in [0.1, 0.15) is 95.7 Å². The van der Waals surface area contributed by atoms with Crippen molar-refractivity contribution in [2.24, 2.45) is 46.8 Å². The lowest BCUT2D eigenvalue weighted by molar-refractivity contribution is -0.0713. The summed E-state index contributed by atoms with van der Waals surface area (Å²) in [6.45, 7) is 13.7. The number of hydrogen-bond donors (Lipinski definition) is 0. The second kappa shape index (κ2) is 10.6. The van der Waals surface area contributed by atoms with Crippen LogP contribution < -0.4 is 0 Å². The Morgan fingerprint density at radius 1 is 1.08 bits per heavy atom. The first-order chi connectivity index (χ1) is 17.4. The zero-order chi connectivity index (χ0) is 25.4. The number of ether oxygens (including phenoxy) is 1. The van der Waals surface area contributed by atoms with Crippen molar-refractivity contribution in [2.45, 2.75) is 84.6 Å². The van der Waals surface area contributed by atoms with Gasteiger partial charge in [-0.15, -0.1) is 6.42 Å². The fourth-order valence-electron chi connectivity index (χ4n) is 9.51. The van der Waals surface area contributed by atoms with Gasteiger partial charge in [-0.05, 0) is 130 Å². The maximum Gasteiger partial charge on any atom is 0.0507 e. The van der Waals surface area contributed by atoms with E-state index in [0.717, 1.165) is 54.3 Å². The van der Waals surface area contributed by atoms with E-state index < -0.39 is 0 Å². The van der Waals surface area contributed by atoms with E-state index in [9.17, 15) is 0 Å². The van der Waals surface area contributed by atoms with Crippen molar-refractivity contribution in [3.63, 3.8) is 0 Å². The smallest absolute Gasteiger partial charge is 0.0507 e. The number of benzene rings is 1. The second-order valence-electron chi connectivity index (χ2n) is 13.0. The molecule has 4 fully saturated rings. The van der Waals surface area contributed by atoms with Gasteiger partial charge in [-0.25, -0.2) is 0 Å². The lowest BCUT2D eigenvalue weighted by atomic mass is 9.49. The summed E-state index contributed by atoms with van der Waals surface area (Å²) >= 11 is 0. The Labute approximate surface area is 221 Å². The largest absolute Gasteiger partial charge is 0.381 e. The summed E-state index contributed by atoms with van der Waals surface area (Å²) in [5.41, 5.74) is 4.04. The van der Waals surface area contributed by atoms with Gasteiger partial charge in [0.1, 0.15) is 0 Å². The van der Waals surface area contributed by atoms with Gasteiger partial charge in [0.2, 0.25) is 0 Å². The molecule has 36 heavy (non-hydrogen) atoms. The molecule has 4 saturated carbocycles. The molecule has 0 heterocycles. The average Bonchev–Trinajstić information content (AvgIpc) is 3.27. The summed E-state index contributed by atoms with van der Waals surface area (Å²) in [5, 5.41) is 0. The van der Waals surface area contributed by atoms with E-state index in [-0.39, 0.29) is 0 Å². The van der Waals surface area contributed by atoms with Gasteiger partial charge < -0.3 is 9.64 Å². The van der Waals surface area contributed by atoms with Crippen LogP contribution in [-0.4, -0.2) is 25.2 Å². The Morgan fingerprint density at radius 2 is 1.83 bits per heavy atom. The monoisotopic (exact) mass is 487 g/mol. The molecule has 9 atom stereocenters. The minimum atomic E-state index is 0.311. The van der Waals surface area contributed by atoms with E-state index in [2.05, 4.69) is 62.9 Å². The van der Waals surface area contributed by atoms with Crippen LogP contribution in [0.4, 0.5) is 0 Å². The van der Waals surface area contributed by atoms with Crippen molar-refractivity contribution in [1.29, 1.82) is 0 Å². The first kappa shape index (κ1) is 25.9. The molecule has 0 N–H and O–H groups in total.